The van der Waals surface area contributed by atoms with Crippen LogP contribution in [0.4, 0.5) is 11.4 Å². The van der Waals surface area contributed by atoms with Crippen LogP contribution in [0.5, 0.6) is 0 Å². The Bertz CT molecular complexity index is 786. The molecule has 2 aromatic rings. The number of nitro groups is 1. The van der Waals surface area contributed by atoms with E-state index in [2.05, 4.69) is 10.00 Å². The molecule has 24 heavy (non-hydrogen) atoms. The molecule has 1 aliphatic rings. The van der Waals surface area contributed by atoms with Gasteiger partial charge in [-0.15, -0.1) is 0 Å². The SMILES string of the molecule is Cn1cc(CC2CCN(c3ccc([N+](=O)[O-])cc3C(N)=O)C2)cn1. The fourth-order valence-electron chi connectivity index (χ4n) is 3.24. The Hall–Kier alpha value is -2.90. The molecular formula is C16H19N5O3. The minimum absolute atomic E-state index is 0.126. The average molecular weight is 329 g/mol. The van der Waals surface area contributed by atoms with E-state index >= 15 is 0 Å². The number of non-ortho nitro benzene ring substituents is 1. The van der Waals surface area contributed by atoms with Crippen LogP contribution in [0.2, 0.25) is 0 Å². The topological polar surface area (TPSA) is 107 Å². The molecule has 2 N–H and O–H groups in total. The molecule has 8 nitrogen and oxygen atoms in total. The lowest BCUT2D eigenvalue weighted by molar-refractivity contribution is -0.384. The summed E-state index contributed by atoms with van der Waals surface area (Å²) in [5.41, 5.74) is 7.34. The van der Waals surface area contributed by atoms with Gasteiger partial charge in [0, 0.05) is 38.5 Å². The minimum Gasteiger partial charge on any atom is -0.371 e. The van der Waals surface area contributed by atoms with Crippen molar-refractivity contribution < 1.29 is 9.72 Å². The van der Waals surface area contributed by atoms with E-state index < -0.39 is 10.8 Å². The molecule has 2 heterocycles. The highest BCUT2D eigenvalue weighted by Gasteiger charge is 2.27. The number of hydrogen-bond acceptors (Lipinski definition) is 5. The summed E-state index contributed by atoms with van der Waals surface area (Å²) in [6.07, 6.45) is 5.78. The molecule has 1 amide bonds. The highest BCUT2D eigenvalue weighted by atomic mass is 16.6. The van der Waals surface area contributed by atoms with Gasteiger partial charge in [-0.3, -0.25) is 19.6 Å². The van der Waals surface area contributed by atoms with Crippen molar-refractivity contribution in [1.29, 1.82) is 0 Å². The van der Waals surface area contributed by atoms with Gasteiger partial charge in [0.25, 0.3) is 11.6 Å². The van der Waals surface area contributed by atoms with Crippen LogP contribution in [-0.2, 0) is 13.5 Å². The number of carbonyl (C=O) groups excluding carboxylic acids is 1. The molecule has 0 aliphatic carbocycles. The lowest BCUT2D eigenvalue weighted by atomic mass is 10.0. The van der Waals surface area contributed by atoms with E-state index in [4.69, 9.17) is 5.73 Å². The molecule has 126 valence electrons. The van der Waals surface area contributed by atoms with Crippen LogP contribution in [0.25, 0.3) is 0 Å². The number of hydrogen-bond donors (Lipinski definition) is 1. The zero-order valence-electron chi connectivity index (χ0n) is 13.4. The summed E-state index contributed by atoms with van der Waals surface area (Å²) in [7, 11) is 1.89. The molecule has 0 bridgehead atoms. The summed E-state index contributed by atoms with van der Waals surface area (Å²) in [5, 5.41) is 15.1. The smallest absolute Gasteiger partial charge is 0.270 e. The second-order valence-electron chi connectivity index (χ2n) is 6.15. The molecule has 3 rings (SSSR count). The predicted octanol–water partition coefficient (Wildman–Crippen LogP) is 1.50. The van der Waals surface area contributed by atoms with Crippen LogP contribution in [0.15, 0.2) is 30.6 Å². The third kappa shape index (κ3) is 3.22. The van der Waals surface area contributed by atoms with E-state index in [1.807, 2.05) is 19.4 Å². The van der Waals surface area contributed by atoms with Crippen molar-refractivity contribution in [3.8, 4) is 0 Å². The average Bonchev–Trinajstić information content (AvgIpc) is 3.16. The van der Waals surface area contributed by atoms with E-state index in [0.717, 1.165) is 25.9 Å². The van der Waals surface area contributed by atoms with Crippen molar-refractivity contribution >= 4 is 17.3 Å². The van der Waals surface area contributed by atoms with E-state index in [1.165, 1.54) is 17.7 Å². The van der Waals surface area contributed by atoms with Crippen LogP contribution in [0, 0.1) is 16.0 Å². The van der Waals surface area contributed by atoms with Gasteiger partial charge < -0.3 is 10.6 Å². The van der Waals surface area contributed by atoms with Crippen molar-refractivity contribution in [3.63, 3.8) is 0 Å². The third-order valence-corrected chi connectivity index (χ3v) is 4.37. The highest BCUT2D eigenvalue weighted by Crippen LogP contribution is 2.31. The summed E-state index contributed by atoms with van der Waals surface area (Å²) in [6.45, 7) is 1.58. The number of aromatic nitrogens is 2. The Morgan fingerprint density at radius 1 is 1.50 bits per heavy atom. The van der Waals surface area contributed by atoms with Crippen LogP contribution in [0.3, 0.4) is 0 Å². The van der Waals surface area contributed by atoms with Crippen LogP contribution in [0.1, 0.15) is 22.3 Å². The summed E-state index contributed by atoms with van der Waals surface area (Å²) < 4.78 is 1.78. The molecule has 0 saturated carbocycles. The molecule has 1 saturated heterocycles. The van der Waals surface area contributed by atoms with E-state index in [-0.39, 0.29) is 11.3 Å². The number of nitro benzene ring substituents is 1. The Morgan fingerprint density at radius 2 is 2.29 bits per heavy atom. The van der Waals surface area contributed by atoms with Crippen molar-refractivity contribution in [2.75, 3.05) is 18.0 Å². The highest BCUT2D eigenvalue weighted by molar-refractivity contribution is 5.99. The first kappa shape index (κ1) is 16.0. The number of anilines is 1. The standard InChI is InChI=1S/C16H19N5O3/c1-19-9-12(8-18-19)6-11-4-5-20(10-11)15-3-2-13(21(23)24)7-14(15)16(17)22/h2-3,7-9,11H,4-6,10H2,1H3,(H2,17,22). The van der Waals surface area contributed by atoms with Gasteiger partial charge in [0.05, 0.1) is 22.4 Å². The lowest BCUT2D eigenvalue weighted by Crippen LogP contribution is -2.24. The number of rotatable bonds is 5. The van der Waals surface area contributed by atoms with Crippen LogP contribution < -0.4 is 10.6 Å². The fourth-order valence-corrected chi connectivity index (χ4v) is 3.24. The molecule has 1 aromatic carbocycles. The second kappa shape index (κ2) is 6.31. The van der Waals surface area contributed by atoms with Gasteiger partial charge in [0.2, 0.25) is 0 Å². The normalized spacial score (nSPS) is 17.2. The fraction of sp³-hybridized carbons (Fsp3) is 0.375. The second-order valence-corrected chi connectivity index (χ2v) is 6.15. The van der Waals surface area contributed by atoms with Crippen molar-refractivity contribution in [2.24, 2.45) is 18.7 Å². The quantitative estimate of drug-likeness (QED) is 0.660. The van der Waals surface area contributed by atoms with Crippen molar-refractivity contribution in [2.45, 2.75) is 12.8 Å². The Kier molecular flexibility index (Phi) is 4.20. The van der Waals surface area contributed by atoms with E-state index in [0.29, 0.717) is 11.6 Å². The van der Waals surface area contributed by atoms with Crippen molar-refractivity contribution in [3.05, 3.63) is 51.8 Å². The first-order chi connectivity index (χ1) is 11.4. The van der Waals surface area contributed by atoms with Gasteiger partial charge in [0.1, 0.15) is 0 Å². The zero-order chi connectivity index (χ0) is 17.3. The number of primary amides is 1. The first-order valence-electron chi connectivity index (χ1n) is 7.74. The lowest BCUT2D eigenvalue weighted by Gasteiger charge is -2.21. The molecule has 8 heteroatoms. The van der Waals surface area contributed by atoms with Gasteiger partial charge in [0.15, 0.2) is 0 Å². The molecule has 0 spiro atoms. The maximum absolute atomic E-state index is 11.7. The van der Waals surface area contributed by atoms with E-state index in [9.17, 15) is 14.9 Å². The number of benzene rings is 1. The van der Waals surface area contributed by atoms with Gasteiger partial charge in [-0.05, 0) is 30.4 Å². The summed E-state index contributed by atoms with van der Waals surface area (Å²) >= 11 is 0. The largest absolute Gasteiger partial charge is 0.371 e. The van der Waals surface area contributed by atoms with Gasteiger partial charge >= 0.3 is 0 Å². The third-order valence-electron chi connectivity index (χ3n) is 4.37. The van der Waals surface area contributed by atoms with Gasteiger partial charge in [-0.1, -0.05) is 0 Å². The first-order valence-corrected chi connectivity index (χ1v) is 7.74. The monoisotopic (exact) mass is 329 g/mol. The van der Waals surface area contributed by atoms with Crippen molar-refractivity contribution in [1.82, 2.24) is 9.78 Å². The number of nitrogens with zero attached hydrogens (tertiary/aromatic N) is 4. The molecule has 1 aliphatic heterocycles. The molecule has 0 radical (unpaired) electrons. The minimum atomic E-state index is -0.649. The summed E-state index contributed by atoms with van der Waals surface area (Å²) in [4.78, 5) is 24.1. The zero-order valence-corrected chi connectivity index (χ0v) is 13.4. The number of aryl methyl sites for hydroxylation is 1. The summed E-state index contributed by atoms with van der Waals surface area (Å²) in [6, 6.07) is 4.28. The number of amides is 1. The van der Waals surface area contributed by atoms with Crippen LogP contribution >= 0.6 is 0 Å². The maximum Gasteiger partial charge on any atom is 0.270 e. The molecule has 1 unspecified atom stereocenters. The summed E-state index contributed by atoms with van der Waals surface area (Å²) in [5.74, 6) is -0.200. The van der Waals surface area contributed by atoms with E-state index in [1.54, 1.807) is 10.7 Å². The molecule has 1 atom stereocenters. The maximum atomic E-state index is 11.7. The van der Waals surface area contributed by atoms with Crippen LogP contribution in [-0.4, -0.2) is 33.7 Å². The number of nitrogens with two attached hydrogens (primary N) is 1. The Balaban J connectivity index is 1.77. The number of carbonyl (C=O) groups is 1. The molecule has 1 aromatic heterocycles. The predicted molar refractivity (Wildman–Crippen MR) is 88.8 cm³/mol. The Labute approximate surface area is 139 Å². The van der Waals surface area contributed by atoms with Gasteiger partial charge in [-0.2, -0.15) is 5.10 Å². The van der Waals surface area contributed by atoms with Gasteiger partial charge in [-0.25, -0.2) is 0 Å². The Morgan fingerprint density at radius 3 is 2.92 bits per heavy atom. The molecular weight excluding hydrogens is 310 g/mol. The molecule has 1 fully saturated rings.